The van der Waals surface area contributed by atoms with Crippen molar-refractivity contribution >= 4 is 15.9 Å². The van der Waals surface area contributed by atoms with Crippen LogP contribution in [-0.4, -0.2) is 23.7 Å². The molecule has 1 N–H and O–H groups in total. The van der Waals surface area contributed by atoms with Crippen molar-refractivity contribution in [1.29, 1.82) is 0 Å². The summed E-state index contributed by atoms with van der Waals surface area (Å²) >= 11 is 3.12. The average Bonchev–Trinajstić information content (AvgIpc) is 2.79. The van der Waals surface area contributed by atoms with Gasteiger partial charge in [-0.1, -0.05) is 5.16 Å². The maximum absolute atomic E-state index is 13.1. The number of nitrogens with one attached hydrogen (secondary N) is 1. The lowest BCUT2D eigenvalue weighted by molar-refractivity contribution is 0.422. The minimum atomic E-state index is -0.316. The molecule has 0 fully saturated rings. The highest BCUT2D eigenvalue weighted by molar-refractivity contribution is 9.10. The third-order valence-electron chi connectivity index (χ3n) is 2.23. The molecule has 0 aliphatic carbocycles. The summed E-state index contributed by atoms with van der Waals surface area (Å²) in [5.74, 6) is 0.718. The Hall–Kier alpha value is -1.27. The van der Waals surface area contributed by atoms with Crippen LogP contribution < -0.4 is 5.32 Å². The lowest BCUT2D eigenvalue weighted by atomic mass is 10.2. The monoisotopic (exact) mass is 299 g/mol. The SMILES string of the molecule is CNCCc1noc(-c2ccc(F)c(Br)c2)n1. The third-order valence-corrected chi connectivity index (χ3v) is 2.84. The second-order valence-electron chi connectivity index (χ2n) is 3.50. The van der Waals surface area contributed by atoms with Gasteiger partial charge in [0.2, 0.25) is 0 Å². The Labute approximate surface area is 106 Å². The zero-order valence-corrected chi connectivity index (χ0v) is 10.8. The quantitative estimate of drug-likeness (QED) is 0.942. The van der Waals surface area contributed by atoms with Crippen LogP contribution in [0.3, 0.4) is 0 Å². The van der Waals surface area contributed by atoms with Crippen LogP contribution >= 0.6 is 15.9 Å². The molecule has 1 aromatic heterocycles. The zero-order valence-electron chi connectivity index (χ0n) is 9.20. The standard InChI is InChI=1S/C11H11BrFN3O/c1-14-5-4-10-15-11(17-16-10)7-2-3-9(13)8(12)6-7/h2-3,6,14H,4-5H2,1H3. The largest absolute Gasteiger partial charge is 0.334 e. The van der Waals surface area contributed by atoms with Crippen molar-refractivity contribution in [3.05, 3.63) is 34.3 Å². The van der Waals surface area contributed by atoms with Gasteiger partial charge in [-0.3, -0.25) is 0 Å². The fourth-order valence-corrected chi connectivity index (χ4v) is 1.72. The number of likely N-dealkylation sites (N-methyl/N-ethyl adjacent to an activating group) is 1. The molecule has 0 radical (unpaired) electrons. The number of nitrogens with zero attached hydrogens (tertiary/aromatic N) is 2. The molecule has 17 heavy (non-hydrogen) atoms. The van der Waals surface area contributed by atoms with Gasteiger partial charge < -0.3 is 9.84 Å². The van der Waals surface area contributed by atoms with E-state index in [1.807, 2.05) is 7.05 Å². The summed E-state index contributed by atoms with van der Waals surface area (Å²) in [7, 11) is 1.86. The Morgan fingerprint density at radius 3 is 3.00 bits per heavy atom. The van der Waals surface area contributed by atoms with Crippen molar-refractivity contribution in [2.45, 2.75) is 6.42 Å². The Morgan fingerprint density at radius 1 is 1.47 bits per heavy atom. The summed E-state index contributed by atoms with van der Waals surface area (Å²) < 4.78 is 18.6. The van der Waals surface area contributed by atoms with E-state index in [0.29, 0.717) is 28.2 Å². The number of rotatable bonds is 4. The van der Waals surface area contributed by atoms with Crippen LogP contribution in [0.15, 0.2) is 27.2 Å². The van der Waals surface area contributed by atoms with Crippen molar-refractivity contribution in [2.75, 3.05) is 13.6 Å². The summed E-state index contributed by atoms with van der Waals surface area (Å²) in [6, 6.07) is 4.58. The second kappa shape index (κ2) is 5.37. The highest BCUT2D eigenvalue weighted by Gasteiger charge is 2.10. The minimum absolute atomic E-state index is 0.316. The predicted octanol–water partition coefficient (Wildman–Crippen LogP) is 2.40. The first-order valence-corrected chi connectivity index (χ1v) is 5.92. The molecular weight excluding hydrogens is 289 g/mol. The van der Waals surface area contributed by atoms with Gasteiger partial charge in [0.15, 0.2) is 5.82 Å². The van der Waals surface area contributed by atoms with Gasteiger partial charge in [-0.15, -0.1) is 0 Å². The molecule has 0 atom stereocenters. The molecule has 0 aliphatic heterocycles. The summed E-state index contributed by atoms with van der Waals surface area (Å²) in [5.41, 5.74) is 0.696. The summed E-state index contributed by atoms with van der Waals surface area (Å²) in [5, 5.41) is 6.85. The highest BCUT2D eigenvalue weighted by Crippen LogP contribution is 2.23. The molecule has 0 unspecified atom stereocenters. The number of hydrogen-bond acceptors (Lipinski definition) is 4. The van der Waals surface area contributed by atoms with Gasteiger partial charge in [0, 0.05) is 18.5 Å². The maximum Gasteiger partial charge on any atom is 0.257 e. The first-order chi connectivity index (χ1) is 8.20. The minimum Gasteiger partial charge on any atom is -0.334 e. The fraction of sp³-hybridized carbons (Fsp3) is 0.273. The van der Waals surface area contributed by atoms with Gasteiger partial charge in [0.25, 0.3) is 5.89 Å². The van der Waals surface area contributed by atoms with Gasteiger partial charge in [0.1, 0.15) is 5.82 Å². The first-order valence-electron chi connectivity index (χ1n) is 5.13. The van der Waals surface area contributed by atoms with Gasteiger partial charge in [-0.05, 0) is 41.2 Å². The Bertz CT molecular complexity index is 515. The average molecular weight is 300 g/mol. The molecule has 0 saturated heterocycles. The predicted molar refractivity (Wildman–Crippen MR) is 65.0 cm³/mol. The molecule has 1 aromatic carbocycles. The second-order valence-corrected chi connectivity index (χ2v) is 4.35. The van der Waals surface area contributed by atoms with E-state index in [1.165, 1.54) is 6.07 Å². The van der Waals surface area contributed by atoms with Crippen LogP contribution in [0.25, 0.3) is 11.5 Å². The van der Waals surface area contributed by atoms with Gasteiger partial charge >= 0.3 is 0 Å². The lowest BCUT2D eigenvalue weighted by Gasteiger charge is -1.96. The molecule has 0 bridgehead atoms. The van der Waals surface area contributed by atoms with Crippen molar-refractivity contribution in [1.82, 2.24) is 15.5 Å². The summed E-state index contributed by atoms with van der Waals surface area (Å²) in [4.78, 5) is 4.23. The number of hydrogen-bond donors (Lipinski definition) is 1. The van der Waals surface area contributed by atoms with Crippen molar-refractivity contribution in [2.24, 2.45) is 0 Å². The van der Waals surface area contributed by atoms with Gasteiger partial charge in [-0.2, -0.15) is 4.98 Å². The van der Waals surface area contributed by atoms with Gasteiger partial charge in [-0.25, -0.2) is 4.39 Å². The van der Waals surface area contributed by atoms with Crippen molar-refractivity contribution in [3.63, 3.8) is 0 Å². The fourth-order valence-electron chi connectivity index (χ4n) is 1.34. The van der Waals surface area contributed by atoms with Crippen molar-refractivity contribution in [3.8, 4) is 11.5 Å². The number of aromatic nitrogens is 2. The van der Waals surface area contributed by atoms with Crippen LogP contribution in [0.1, 0.15) is 5.82 Å². The van der Waals surface area contributed by atoms with Crippen LogP contribution in [0.2, 0.25) is 0 Å². The van der Waals surface area contributed by atoms with Crippen LogP contribution in [-0.2, 0) is 6.42 Å². The zero-order chi connectivity index (χ0) is 12.3. The Balaban J connectivity index is 2.21. The lowest BCUT2D eigenvalue weighted by Crippen LogP contribution is -2.10. The molecule has 2 rings (SSSR count). The van der Waals surface area contributed by atoms with E-state index < -0.39 is 0 Å². The Kier molecular flexibility index (Phi) is 3.86. The molecule has 0 spiro atoms. The molecule has 1 heterocycles. The molecule has 2 aromatic rings. The van der Waals surface area contributed by atoms with E-state index in [9.17, 15) is 4.39 Å². The molecule has 4 nitrogen and oxygen atoms in total. The van der Waals surface area contributed by atoms with Crippen LogP contribution in [0.4, 0.5) is 4.39 Å². The highest BCUT2D eigenvalue weighted by atomic mass is 79.9. The molecule has 90 valence electrons. The normalized spacial score (nSPS) is 10.8. The molecule has 6 heteroatoms. The van der Waals surface area contributed by atoms with Crippen molar-refractivity contribution < 1.29 is 8.91 Å². The first kappa shape index (κ1) is 12.2. The van der Waals surface area contributed by atoms with E-state index in [1.54, 1.807) is 12.1 Å². The number of halogens is 2. The molecule has 0 aliphatic rings. The molecule has 0 saturated carbocycles. The van der Waals surface area contributed by atoms with E-state index in [2.05, 4.69) is 31.4 Å². The van der Waals surface area contributed by atoms with E-state index in [0.717, 1.165) is 6.54 Å². The van der Waals surface area contributed by atoms with Crippen LogP contribution in [0.5, 0.6) is 0 Å². The topological polar surface area (TPSA) is 51.0 Å². The van der Waals surface area contributed by atoms with E-state index in [4.69, 9.17) is 4.52 Å². The number of benzene rings is 1. The smallest absolute Gasteiger partial charge is 0.257 e. The summed E-state index contributed by atoms with van der Waals surface area (Å²) in [6.07, 6.45) is 0.697. The maximum atomic E-state index is 13.1. The third kappa shape index (κ3) is 2.89. The Morgan fingerprint density at radius 2 is 2.29 bits per heavy atom. The van der Waals surface area contributed by atoms with E-state index in [-0.39, 0.29) is 5.82 Å². The molecular formula is C11H11BrFN3O. The molecule has 0 amide bonds. The van der Waals surface area contributed by atoms with E-state index >= 15 is 0 Å². The summed E-state index contributed by atoms with van der Waals surface area (Å²) in [6.45, 7) is 0.784. The van der Waals surface area contributed by atoms with Crippen LogP contribution in [0, 0.1) is 5.82 Å². The van der Waals surface area contributed by atoms with Gasteiger partial charge in [0.05, 0.1) is 4.47 Å².